The van der Waals surface area contributed by atoms with Crippen LogP contribution in [0, 0.1) is 20.8 Å². The number of imidazole rings is 3. The zero-order valence-corrected chi connectivity index (χ0v) is 19.3. The van der Waals surface area contributed by atoms with Crippen molar-refractivity contribution in [2.24, 2.45) is 7.05 Å². The lowest BCUT2D eigenvalue weighted by atomic mass is 10.7. The number of halogens is 4. The molecule has 3 aromatic heterocycles. The van der Waals surface area contributed by atoms with Gasteiger partial charge in [-0.3, -0.25) is 0 Å². The van der Waals surface area contributed by atoms with E-state index in [1.807, 2.05) is 6.92 Å². The quantitative estimate of drug-likeness (QED) is 0.292. The molecule has 0 amide bonds. The van der Waals surface area contributed by atoms with Crippen molar-refractivity contribution in [1.82, 2.24) is 22.9 Å². The lowest BCUT2D eigenvalue weighted by molar-refractivity contribution is -0.676. The fraction of sp³-hybridized carbons (Fsp3) is 0.308. The average Bonchev–Trinajstić information content (AvgIpc) is 3.29. The molecule has 3 aromatic rings. The molecule has 0 aliphatic heterocycles. The molecule has 3 rings (SSSR count). The van der Waals surface area contributed by atoms with E-state index < -0.39 is 31.4 Å². The normalized spacial score (nSPS) is 11.2. The molecule has 182 valence electrons. The first-order valence-corrected chi connectivity index (χ1v) is 11.8. The van der Waals surface area contributed by atoms with Gasteiger partial charge in [-0.15, -0.1) is 0 Å². The Bertz CT molecular complexity index is 1290. The van der Waals surface area contributed by atoms with Crippen LogP contribution in [0.2, 0.25) is 0 Å². The second-order valence-corrected chi connectivity index (χ2v) is 8.65. The van der Waals surface area contributed by atoms with Crippen LogP contribution in [0.3, 0.4) is 0 Å². The zero-order chi connectivity index (χ0) is 25.3. The molecular weight excluding hydrogens is 508 g/mol. The van der Waals surface area contributed by atoms with Crippen LogP contribution in [-0.4, -0.2) is 48.2 Å². The molecule has 0 aliphatic rings. The number of hydrogen-bond acceptors (Lipinski definition) is 8. The molecule has 3 heterocycles. The summed E-state index contributed by atoms with van der Waals surface area (Å²) in [7, 11) is -13.3. The molecule has 0 bridgehead atoms. The Morgan fingerprint density at radius 1 is 0.844 bits per heavy atom. The minimum atomic E-state index is -5.67. The number of aryl methyl sites for hydroxylation is 3. The maximum atomic E-state index is 12.3. The molecule has 0 saturated heterocycles. The molecule has 0 aromatic carbocycles. The van der Waals surface area contributed by atoms with Crippen LogP contribution in [0.1, 0.15) is 17.5 Å². The largest absolute Gasteiger partial charge is 0.480 e. The molecule has 0 saturated carbocycles. The van der Waals surface area contributed by atoms with E-state index in [9.17, 15) is 32.4 Å². The SMILES string of the molecule is Cc1n(S(=O)(=O)F)cc[n+]1C.Cc1ncc[nH]1.Cc1nccn1S(=O)(=O)F.O=S(=O)(F)F. The highest BCUT2D eigenvalue weighted by molar-refractivity contribution is 7.85. The van der Waals surface area contributed by atoms with E-state index in [0.717, 1.165) is 18.2 Å². The topological polar surface area (TPSA) is 158 Å². The third kappa shape index (κ3) is 12.2. The number of H-pyrrole nitrogens is 1. The second-order valence-electron chi connectivity index (χ2n) is 5.46. The number of nitrogens with zero attached hydrogens (tertiary/aromatic N) is 5. The maximum absolute atomic E-state index is 12.3. The number of hydrogen-bond donors (Lipinski definition) is 1. The molecule has 0 radical (unpaired) electrons. The fourth-order valence-electron chi connectivity index (χ4n) is 1.70. The second kappa shape index (κ2) is 11.7. The van der Waals surface area contributed by atoms with Crippen LogP contribution in [0.25, 0.3) is 0 Å². The van der Waals surface area contributed by atoms with Crippen molar-refractivity contribution in [3.05, 3.63) is 54.7 Å². The third-order valence-electron chi connectivity index (χ3n) is 3.14. The summed E-state index contributed by atoms with van der Waals surface area (Å²) in [5.74, 6) is 1.41. The summed E-state index contributed by atoms with van der Waals surface area (Å²) in [4.78, 5) is 10.3. The van der Waals surface area contributed by atoms with Gasteiger partial charge in [-0.25, -0.2) is 18.5 Å². The molecule has 1 N–H and O–H groups in total. The molecule has 32 heavy (non-hydrogen) atoms. The van der Waals surface area contributed by atoms with Crippen molar-refractivity contribution in [2.75, 3.05) is 0 Å². The predicted octanol–water partition coefficient (Wildman–Crippen LogP) is 0.826. The Morgan fingerprint density at radius 3 is 1.50 bits per heavy atom. The minimum absolute atomic E-state index is 0.113. The molecule has 0 spiro atoms. The highest BCUT2D eigenvalue weighted by Gasteiger charge is 2.22. The monoisotopic (exact) mass is 527 g/mol. The minimum Gasteiger partial charge on any atom is -0.349 e. The van der Waals surface area contributed by atoms with E-state index in [2.05, 4.69) is 15.0 Å². The van der Waals surface area contributed by atoms with E-state index in [0.29, 0.717) is 13.8 Å². The first-order chi connectivity index (χ1) is 14.3. The zero-order valence-electron chi connectivity index (χ0n) is 16.9. The van der Waals surface area contributed by atoms with Gasteiger partial charge in [0.05, 0.1) is 7.05 Å². The van der Waals surface area contributed by atoms with Gasteiger partial charge in [0.2, 0.25) is 0 Å². The van der Waals surface area contributed by atoms with Crippen molar-refractivity contribution in [3.8, 4) is 0 Å². The van der Waals surface area contributed by atoms with Crippen LogP contribution in [0.15, 0.2) is 37.2 Å². The van der Waals surface area contributed by atoms with Gasteiger partial charge in [0.15, 0.2) is 0 Å². The smallest absolute Gasteiger partial charge is 0.349 e. The average molecular weight is 528 g/mol. The Hall–Kier alpha value is -2.80. The van der Waals surface area contributed by atoms with Crippen molar-refractivity contribution >= 4 is 31.4 Å². The molecule has 12 nitrogen and oxygen atoms in total. The van der Waals surface area contributed by atoms with Crippen LogP contribution >= 0.6 is 0 Å². The fourth-order valence-corrected chi connectivity index (χ4v) is 2.91. The Morgan fingerprint density at radius 2 is 1.34 bits per heavy atom. The summed E-state index contributed by atoms with van der Waals surface area (Å²) in [6.45, 7) is 4.83. The Balaban J connectivity index is 0.000000421. The summed E-state index contributed by atoms with van der Waals surface area (Å²) in [5, 5.41) is 0. The first-order valence-electron chi connectivity index (χ1n) is 7.88. The molecule has 0 fully saturated rings. The first kappa shape index (κ1) is 29.2. The lowest BCUT2D eigenvalue weighted by Gasteiger charge is -1.94. The van der Waals surface area contributed by atoms with Crippen molar-refractivity contribution < 1.29 is 45.4 Å². The molecular formula is C13H19F4N6O6S3+. The van der Waals surface area contributed by atoms with E-state index >= 15 is 0 Å². The lowest BCUT2D eigenvalue weighted by Crippen LogP contribution is -2.30. The van der Waals surface area contributed by atoms with E-state index in [-0.39, 0.29) is 5.82 Å². The van der Waals surface area contributed by atoms with Crippen LogP contribution in [-0.2, 0) is 38.5 Å². The van der Waals surface area contributed by atoms with Gasteiger partial charge in [0.1, 0.15) is 24.0 Å². The molecule has 19 heteroatoms. The molecule has 0 atom stereocenters. The van der Waals surface area contributed by atoms with Gasteiger partial charge in [-0.1, -0.05) is 19.5 Å². The van der Waals surface area contributed by atoms with Gasteiger partial charge in [0.25, 0.3) is 5.82 Å². The standard InChI is InChI=1S/C5H8FN2O2S.C4H5FN2O2S.C4H6N2.F2O2S/c1-5-7(2)3-4-8(5)11(6,9)10;1-4-6-2-3-7(4)10(5,8)9;1-4-5-2-3-6-4;1-5(2,3)4/h3-4H,1-2H3;2-3H,1H3;2-3H,1H3,(H,5,6);/q+1;;;. The van der Waals surface area contributed by atoms with Gasteiger partial charge in [-0.2, -0.15) is 25.3 Å². The van der Waals surface area contributed by atoms with Gasteiger partial charge >= 0.3 is 31.4 Å². The Labute approximate surface area is 182 Å². The summed E-state index contributed by atoms with van der Waals surface area (Å²) >= 11 is 0. The highest BCUT2D eigenvalue weighted by atomic mass is 32.3. The van der Waals surface area contributed by atoms with Crippen molar-refractivity contribution in [1.29, 1.82) is 0 Å². The maximum Gasteiger partial charge on any atom is 0.480 e. The van der Waals surface area contributed by atoms with E-state index in [1.165, 1.54) is 30.8 Å². The van der Waals surface area contributed by atoms with Crippen molar-refractivity contribution in [2.45, 2.75) is 20.8 Å². The molecule has 0 unspecified atom stereocenters. The van der Waals surface area contributed by atoms with Gasteiger partial charge in [-0.05, 0) is 13.8 Å². The Kier molecular flexibility index (Phi) is 10.7. The summed E-state index contributed by atoms with van der Waals surface area (Å²) in [6, 6.07) is 0. The number of rotatable bonds is 2. The summed E-state index contributed by atoms with van der Waals surface area (Å²) in [6.07, 6.45) is 8.42. The number of aromatic amines is 1. The third-order valence-corrected chi connectivity index (χ3v) is 4.85. The van der Waals surface area contributed by atoms with Crippen LogP contribution in [0.5, 0.6) is 0 Å². The summed E-state index contributed by atoms with van der Waals surface area (Å²) in [5.41, 5.74) is 0. The summed E-state index contributed by atoms with van der Waals surface area (Å²) < 4.78 is 105. The van der Waals surface area contributed by atoms with E-state index in [4.69, 9.17) is 8.42 Å². The highest BCUT2D eigenvalue weighted by Crippen LogP contribution is 2.02. The molecule has 0 aliphatic carbocycles. The van der Waals surface area contributed by atoms with Gasteiger partial charge in [0, 0.05) is 31.7 Å². The van der Waals surface area contributed by atoms with E-state index in [1.54, 1.807) is 19.4 Å². The van der Waals surface area contributed by atoms with Crippen molar-refractivity contribution in [3.63, 3.8) is 0 Å². The number of aromatic nitrogens is 6. The van der Waals surface area contributed by atoms with Crippen LogP contribution < -0.4 is 4.57 Å². The number of nitrogens with one attached hydrogen (secondary N) is 1. The predicted molar refractivity (Wildman–Crippen MR) is 103 cm³/mol. The van der Waals surface area contributed by atoms with Gasteiger partial charge < -0.3 is 4.98 Å². The van der Waals surface area contributed by atoms with Crippen LogP contribution in [0.4, 0.5) is 15.5 Å².